The summed E-state index contributed by atoms with van der Waals surface area (Å²) in [6.45, 7) is 4.31. The van der Waals surface area contributed by atoms with Gasteiger partial charge in [0.05, 0.1) is 11.1 Å². The van der Waals surface area contributed by atoms with Gasteiger partial charge in [0.15, 0.2) is 10.8 Å². The lowest BCUT2D eigenvalue weighted by Gasteiger charge is -2.17. The molecule has 29 heavy (non-hydrogen) atoms. The van der Waals surface area contributed by atoms with E-state index in [0.29, 0.717) is 5.16 Å². The second-order valence-corrected chi connectivity index (χ2v) is 9.69. The summed E-state index contributed by atoms with van der Waals surface area (Å²) in [4.78, 5) is 19.5. The van der Waals surface area contributed by atoms with Crippen LogP contribution in [-0.2, 0) is 17.6 Å². The van der Waals surface area contributed by atoms with E-state index in [1.807, 2.05) is 35.6 Å². The fourth-order valence-corrected chi connectivity index (χ4v) is 5.92. The summed E-state index contributed by atoms with van der Waals surface area (Å²) in [5.41, 5.74) is 4.16. The van der Waals surface area contributed by atoms with Crippen LogP contribution in [0.5, 0.6) is 0 Å². The van der Waals surface area contributed by atoms with Crippen LogP contribution in [0.4, 0.5) is 5.69 Å². The number of anilines is 1. The van der Waals surface area contributed by atoms with Crippen molar-refractivity contribution in [1.29, 1.82) is 0 Å². The maximum Gasteiger partial charge on any atom is 0.234 e. The number of benzene rings is 1. The molecule has 4 aromatic rings. The molecule has 148 valence electrons. The average Bonchev–Trinajstić information content (AvgIpc) is 3.26. The SMILES string of the molecule is Cc1cccc(NC(=O)CSc2nnc3c4c5c(sc4ncn23)CC(C)CC5)c1. The lowest BCUT2D eigenvalue weighted by molar-refractivity contribution is -0.113. The van der Waals surface area contributed by atoms with Crippen LogP contribution in [0.15, 0.2) is 35.7 Å². The van der Waals surface area contributed by atoms with E-state index in [-0.39, 0.29) is 11.7 Å². The van der Waals surface area contributed by atoms with Crippen molar-refractivity contribution in [3.05, 3.63) is 46.6 Å². The van der Waals surface area contributed by atoms with Crippen molar-refractivity contribution in [3.8, 4) is 0 Å². The number of thiophene rings is 1. The molecule has 1 N–H and O–H groups in total. The highest BCUT2D eigenvalue weighted by Crippen LogP contribution is 2.39. The fraction of sp³-hybridized carbons (Fsp3) is 0.333. The predicted octanol–water partition coefficient (Wildman–Crippen LogP) is 4.50. The Hall–Kier alpha value is -2.45. The third-order valence-corrected chi connectivity index (χ3v) is 7.41. The van der Waals surface area contributed by atoms with Gasteiger partial charge in [-0.05, 0) is 55.4 Å². The zero-order valence-corrected chi connectivity index (χ0v) is 17.9. The van der Waals surface area contributed by atoms with Crippen LogP contribution in [0.1, 0.15) is 29.3 Å². The maximum atomic E-state index is 12.3. The van der Waals surface area contributed by atoms with Crippen LogP contribution in [0.25, 0.3) is 15.9 Å². The number of carbonyl (C=O) groups is 1. The number of nitrogens with zero attached hydrogens (tertiary/aromatic N) is 4. The number of aryl methyl sites for hydroxylation is 2. The lowest BCUT2D eigenvalue weighted by atomic mass is 9.89. The number of hydrogen-bond donors (Lipinski definition) is 1. The second kappa shape index (κ2) is 7.42. The summed E-state index contributed by atoms with van der Waals surface area (Å²) >= 11 is 3.16. The normalized spacial score (nSPS) is 16.3. The molecule has 1 amide bonds. The van der Waals surface area contributed by atoms with Crippen LogP contribution >= 0.6 is 23.1 Å². The highest BCUT2D eigenvalue weighted by molar-refractivity contribution is 7.99. The molecule has 0 radical (unpaired) electrons. The second-order valence-electron chi connectivity index (χ2n) is 7.66. The first kappa shape index (κ1) is 18.6. The van der Waals surface area contributed by atoms with Gasteiger partial charge in [0.1, 0.15) is 11.2 Å². The molecule has 1 unspecified atom stereocenters. The lowest BCUT2D eigenvalue weighted by Crippen LogP contribution is -2.14. The van der Waals surface area contributed by atoms with Crippen LogP contribution in [0, 0.1) is 12.8 Å². The topological polar surface area (TPSA) is 72.2 Å². The number of amides is 1. The summed E-state index contributed by atoms with van der Waals surface area (Å²) in [5, 5.41) is 13.6. The Morgan fingerprint density at radius 1 is 1.38 bits per heavy atom. The molecule has 1 aliphatic carbocycles. The van der Waals surface area contributed by atoms with Gasteiger partial charge in [-0.1, -0.05) is 30.8 Å². The number of thioether (sulfide) groups is 1. The number of nitrogens with one attached hydrogen (secondary N) is 1. The van der Waals surface area contributed by atoms with E-state index < -0.39 is 0 Å². The number of rotatable bonds is 4. The third-order valence-electron chi connectivity index (χ3n) is 5.31. The number of fused-ring (bicyclic) bond motifs is 5. The molecule has 0 spiro atoms. The van der Waals surface area contributed by atoms with E-state index in [0.717, 1.165) is 45.9 Å². The monoisotopic (exact) mass is 423 g/mol. The summed E-state index contributed by atoms with van der Waals surface area (Å²) in [5.74, 6) is 0.933. The van der Waals surface area contributed by atoms with Gasteiger partial charge in [-0.2, -0.15) is 0 Å². The zero-order valence-electron chi connectivity index (χ0n) is 16.3. The van der Waals surface area contributed by atoms with Crippen molar-refractivity contribution in [2.75, 3.05) is 11.1 Å². The highest BCUT2D eigenvalue weighted by Gasteiger charge is 2.24. The van der Waals surface area contributed by atoms with Gasteiger partial charge in [-0.3, -0.25) is 9.20 Å². The molecule has 1 aromatic carbocycles. The van der Waals surface area contributed by atoms with Crippen molar-refractivity contribution >= 4 is 50.6 Å². The minimum Gasteiger partial charge on any atom is -0.325 e. The summed E-state index contributed by atoms with van der Waals surface area (Å²) in [6, 6.07) is 7.78. The van der Waals surface area contributed by atoms with Crippen LogP contribution < -0.4 is 5.32 Å². The first-order chi connectivity index (χ1) is 14.1. The Morgan fingerprint density at radius 3 is 3.14 bits per heavy atom. The van der Waals surface area contributed by atoms with Gasteiger partial charge in [-0.15, -0.1) is 21.5 Å². The van der Waals surface area contributed by atoms with E-state index in [4.69, 9.17) is 0 Å². The molecule has 3 heterocycles. The summed E-state index contributed by atoms with van der Waals surface area (Å²) in [6.07, 6.45) is 5.18. The molecule has 8 heteroatoms. The number of aromatic nitrogens is 4. The van der Waals surface area contributed by atoms with Gasteiger partial charge >= 0.3 is 0 Å². The standard InChI is InChI=1S/C21H21N5OS2/c1-12-4-3-5-14(8-12)23-17(27)10-28-21-25-24-19-18-15-7-6-13(2)9-16(15)29-20(18)22-11-26(19)21/h3-5,8,11,13H,6-7,9-10H2,1-2H3,(H,23,27). The molecule has 0 bridgehead atoms. The largest absolute Gasteiger partial charge is 0.325 e. The Morgan fingerprint density at radius 2 is 2.28 bits per heavy atom. The van der Waals surface area contributed by atoms with E-state index in [2.05, 4.69) is 27.4 Å². The molecule has 1 aliphatic rings. The Bertz CT molecular complexity index is 1230. The van der Waals surface area contributed by atoms with E-state index in [1.165, 1.54) is 28.6 Å². The third kappa shape index (κ3) is 3.51. The molecule has 0 fully saturated rings. The molecule has 3 aromatic heterocycles. The molecular weight excluding hydrogens is 402 g/mol. The molecule has 1 atom stereocenters. The van der Waals surface area contributed by atoms with E-state index >= 15 is 0 Å². The van der Waals surface area contributed by atoms with Gasteiger partial charge in [0.2, 0.25) is 5.91 Å². The van der Waals surface area contributed by atoms with Crippen LogP contribution in [0.2, 0.25) is 0 Å². The first-order valence-corrected chi connectivity index (χ1v) is 11.5. The molecule has 0 saturated heterocycles. The Labute approximate surface area is 176 Å². The van der Waals surface area contributed by atoms with Crippen molar-refractivity contribution in [3.63, 3.8) is 0 Å². The number of hydrogen-bond acceptors (Lipinski definition) is 6. The van der Waals surface area contributed by atoms with Crippen molar-refractivity contribution in [2.24, 2.45) is 5.92 Å². The van der Waals surface area contributed by atoms with Gasteiger partial charge in [0.25, 0.3) is 0 Å². The first-order valence-electron chi connectivity index (χ1n) is 9.72. The molecule has 6 nitrogen and oxygen atoms in total. The molecule has 0 saturated carbocycles. The van der Waals surface area contributed by atoms with Gasteiger partial charge < -0.3 is 5.32 Å². The summed E-state index contributed by atoms with van der Waals surface area (Å²) < 4.78 is 1.91. The fourth-order valence-electron chi connectivity index (χ4n) is 3.87. The van der Waals surface area contributed by atoms with Crippen LogP contribution in [-0.4, -0.2) is 31.2 Å². The van der Waals surface area contributed by atoms with E-state index in [9.17, 15) is 4.79 Å². The summed E-state index contributed by atoms with van der Waals surface area (Å²) in [7, 11) is 0. The number of carbonyl (C=O) groups excluding carboxylic acids is 1. The van der Waals surface area contributed by atoms with Crippen molar-refractivity contribution < 1.29 is 4.79 Å². The quantitative estimate of drug-likeness (QED) is 0.489. The molecular formula is C21H21N5OS2. The van der Waals surface area contributed by atoms with Crippen LogP contribution in [0.3, 0.4) is 0 Å². The van der Waals surface area contributed by atoms with Crippen molar-refractivity contribution in [2.45, 2.75) is 38.3 Å². The smallest absolute Gasteiger partial charge is 0.234 e. The average molecular weight is 424 g/mol. The highest BCUT2D eigenvalue weighted by atomic mass is 32.2. The van der Waals surface area contributed by atoms with Crippen molar-refractivity contribution in [1.82, 2.24) is 19.6 Å². The van der Waals surface area contributed by atoms with E-state index in [1.54, 1.807) is 17.7 Å². The zero-order chi connectivity index (χ0) is 20.0. The molecule has 0 aliphatic heterocycles. The van der Waals surface area contributed by atoms with Gasteiger partial charge in [-0.25, -0.2) is 4.98 Å². The minimum atomic E-state index is -0.0618. The Balaban J connectivity index is 1.38. The minimum absolute atomic E-state index is 0.0618. The predicted molar refractivity (Wildman–Crippen MR) is 118 cm³/mol. The molecule has 5 rings (SSSR count). The maximum absolute atomic E-state index is 12.3. The Kier molecular flexibility index (Phi) is 4.75. The van der Waals surface area contributed by atoms with Gasteiger partial charge in [0, 0.05) is 10.6 Å².